The lowest BCUT2D eigenvalue weighted by Gasteiger charge is -2.21. The number of likely N-dealkylation sites (tertiary alicyclic amines) is 1. The smallest absolute Gasteiger partial charge is 0.329 e. The van der Waals surface area contributed by atoms with Gasteiger partial charge in [-0.05, 0) is 31.9 Å². The van der Waals surface area contributed by atoms with Crippen LogP contribution in [0, 0.1) is 29.3 Å². The maximum atomic E-state index is 13.6. The minimum Gasteiger partial charge on any atom is -0.454 e. The molecule has 1 N–H and O–H groups in total. The molecule has 3 atom stereocenters. The molecular formula is C19H19F3N2O5. The third kappa shape index (κ3) is 3.96. The summed E-state index contributed by atoms with van der Waals surface area (Å²) < 4.78 is 44.5. The van der Waals surface area contributed by atoms with Crippen LogP contribution < -0.4 is 5.32 Å². The van der Waals surface area contributed by atoms with E-state index in [1.807, 2.05) is 5.32 Å². The van der Waals surface area contributed by atoms with E-state index in [1.54, 1.807) is 0 Å². The molecule has 1 aliphatic carbocycles. The van der Waals surface area contributed by atoms with Crippen molar-refractivity contribution in [1.82, 2.24) is 4.90 Å². The molecule has 0 radical (unpaired) electrons. The lowest BCUT2D eigenvalue weighted by Crippen LogP contribution is -2.45. The van der Waals surface area contributed by atoms with E-state index in [-0.39, 0.29) is 0 Å². The molecule has 1 saturated heterocycles. The van der Waals surface area contributed by atoms with Crippen molar-refractivity contribution in [3.05, 3.63) is 29.6 Å². The zero-order valence-corrected chi connectivity index (χ0v) is 15.5. The van der Waals surface area contributed by atoms with Gasteiger partial charge in [-0.2, -0.15) is 0 Å². The van der Waals surface area contributed by atoms with Gasteiger partial charge in [-0.1, -0.05) is 12.8 Å². The van der Waals surface area contributed by atoms with E-state index in [1.165, 1.54) is 6.92 Å². The number of halogens is 3. The van der Waals surface area contributed by atoms with Crippen LogP contribution in [0.5, 0.6) is 0 Å². The van der Waals surface area contributed by atoms with Gasteiger partial charge < -0.3 is 10.1 Å². The molecule has 3 rings (SSSR count). The number of esters is 1. The summed E-state index contributed by atoms with van der Waals surface area (Å²) in [6, 6.07) is 0.236. The first-order valence-corrected chi connectivity index (χ1v) is 9.19. The van der Waals surface area contributed by atoms with Gasteiger partial charge in [0.1, 0.15) is 6.04 Å². The Morgan fingerprint density at radius 2 is 1.69 bits per heavy atom. The maximum absolute atomic E-state index is 13.6. The minimum atomic E-state index is -1.75. The number of anilines is 1. The Labute approximate surface area is 164 Å². The van der Waals surface area contributed by atoms with Crippen LogP contribution >= 0.6 is 0 Å². The Balaban J connectivity index is 1.57. The van der Waals surface area contributed by atoms with Crippen LogP contribution in [0.2, 0.25) is 0 Å². The number of hydrogen-bond donors (Lipinski definition) is 1. The lowest BCUT2D eigenvalue weighted by molar-refractivity contribution is -0.159. The summed E-state index contributed by atoms with van der Waals surface area (Å²) in [4.78, 5) is 49.9. The molecule has 10 heteroatoms. The summed E-state index contributed by atoms with van der Waals surface area (Å²) in [6.45, 7) is 0.465. The van der Waals surface area contributed by atoms with Crippen LogP contribution in [0.1, 0.15) is 32.6 Å². The van der Waals surface area contributed by atoms with Crippen LogP contribution in [-0.2, 0) is 23.9 Å². The average molecular weight is 412 g/mol. The third-order valence-electron chi connectivity index (χ3n) is 5.26. The Morgan fingerprint density at radius 3 is 2.28 bits per heavy atom. The van der Waals surface area contributed by atoms with Crippen LogP contribution in [0.3, 0.4) is 0 Å². The highest BCUT2D eigenvalue weighted by Crippen LogP contribution is 2.38. The molecule has 0 bridgehead atoms. The van der Waals surface area contributed by atoms with Crippen LogP contribution in [0.15, 0.2) is 12.1 Å². The quantitative estimate of drug-likeness (QED) is 0.455. The van der Waals surface area contributed by atoms with Crippen molar-refractivity contribution in [3.8, 4) is 0 Å². The fraction of sp³-hybridized carbons (Fsp3) is 0.474. The molecule has 1 aromatic rings. The maximum Gasteiger partial charge on any atom is 0.329 e. The molecular weight excluding hydrogens is 393 g/mol. The van der Waals surface area contributed by atoms with E-state index in [0.717, 1.165) is 23.8 Å². The van der Waals surface area contributed by atoms with Crippen molar-refractivity contribution in [3.63, 3.8) is 0 Å². The second kappa shape index (κ2) is 8.22. The number of imide groups is 1. The van der Waals surface area contributed by atoms with Crippen molar-refractivity contribution in [1.29, 1.82) is 0 Å². The van der Waals surface area contributed by atoms with Gasteiger partial charge in [0.25, 0.3) is 5.91 Å². The zero-order valence-electron chi connectivity index (χ0n) is 15.5. The number of nitrogens with one attached hydrogen (secondary N) is 1. The van der Waals surface area contributed by atoms with Crippen LogP contribution in [-0.4, -0.2) is 41.2 Å². The standard InChI is InChI=1S/C19H19F3N2O5/c1-9(24-17(26)10-4-2-3-5-11(10)18(24)27)19(28)29-8-14(25)23-13-7-6-12(20)15(21)16(13)22/h6-7,9-11H,2-5,8H2,1H3,(H,23,25)/t9-,10-,11-/m0/s1. The highest BCUT2D eigenvalue weighted by molar-refractivity contribution is 6.08. The second-order valence-corrected chi connectivity index (χ2v) is 7.10. The molecule has 2 aliphatic rings. The summed E-state index contributed by atoms with van der Waals surface area (Å²) in [5.41, 5.74) is -0.619. The predicted octanol–water partition coefficient (Wildman–Crippen LogP) is 2.15. The number of carbonyl (C=O) groups excluding carboxylic acids is 4. The summed E-state index contributed by atoms with van der Waals surface area (Å²) in [5.74, 6) is -8.42. The van der Waals surface area contributed by atoms with Crippen molar-refractivity contribution < 1.29 is 37.1 Å². The fourth-order valence-electron chi connectivity index (χ4n) is 3.74. The van der Waals surface area contributed by atoms with Gasteiger partial charge in [-0.15, -0.1) is 0 Å². The number of hydrogen-bond acceptors (Lipinski definition) is 5. The molecule has 0 spiro atoms. The second-order valence-electron chi connectivity index (χ2n) is 7.10. The van der Waals surface area contributed by atoms with E-state index in [2.05, 4.69) is 0 Å². The molecule has 7 nitrogen and oxygen atoms in total. The summed E-state index contributed by atoms with van der Waals surface area (Å²) in [5, 5.41) is 1.95. The summed E-state index contributed by atoms with van der Waals surface area (Å²) in [7, 11) is 0. The number of fused-ring (bicyclic) bond motifs is 1. The minimum absolute atomic E-state index is 0.419. The lowest BCUT2D eigenvalue weighted by atomic mass is 9.81. The van der Waals surface area contributed by atoms with Crippen molar-refractivity contribution in [2.24, 2.45) is 11.8 Å². The van der Waals surface area contributed by atoms with Crippen molar-refractivity contribution in [2.45, 2.75) is 38.6 Å². The normalized spacial score (nSPS) is 22.3. The SMILES string of the molecule is C[C@@H](C(=O)OCC(=O)Nc1ccc(F)c(F)c1F)N1C(=O)[C@H]2CCCC[C@@H]2C1=O. The summed E-state index contributed by atoms with van der Waals surface area (Å²) >= 11 is 0. The fourth-order valence-corrected chi connectivity index (χ4v) is 3.74. The summed E-state index contributed by atoms with van der Waals surface area (Å²) in [6.07, 6.45) is 2.87. The molecule has 0 aromatic heterocycles. The molecule has 0 unspecified atom stereocenters. The number of rotatable bonds is 5. The predicted molar refractivity (Wildman–Crippen MR) is 92.7 cm³/mol. The van der Waals surface area contributed by atoms with Gasteiger partial charge in [0.2, 0.25) is 11.8 Å². The average Bonchev–Trinajstić information content (AvgIpc) is 2.96. The van der Waals surface area contributed by atoms with Gasteiger partial charge in [-0.25, -0.2) is 18.0 Å². The molecule has 1 heterocycles. The molecule has 156 valence electrons. The number of amides is 3. The van der Waals surface area contributed by atoms with Crippen LogP contribution in [0.25, 0.3) is 0 Å². The zero-order chi connectivity index (χ0) is 21.3. The highest BCUT2D eigenvalue weighted by atomic mass is 19.2. The molecule has 3 amide bonds. The van der Waals surface area contributed by atoms with E-state index in [4.69, 9.17) is 4.74 Å². The largest absolute Gasteiger partial charge is 0.454 e. The van der Waals surface area contributed by atoms with E-state index >= 15 is 0 Å². The third-order valence-corrected chi connectivity index (χ3v) is 5.26. The van der Waals surface area contributed by atoms with Gasteiger partial charge >= 0.3 is 5.97 Å². The monoisotopic (exact) mass is 412 g/mol. The Kier molecular flexibility index (Phi) is 5.90. The van der Waals surface area contributed by atoms with E-state index < -0.39 is 71.3 Å². The molecule has 1 aromatic carbocycles. The number of benzene rings is 1. The molecule has 29 heavy (non-hydrogen) atoms. The van der Waals surface area contributed by atoms with E-state index in [9.17, 15) is 32.3 Å². The Morgan fingerprint density at radius 1 is 1.10 bits per heavy atom. The van der Waals surface area contributed by atoms with E-state index in [0.29, 0.717) is 18.9 Å². The number of ether oxygens (including phenoxy) is 1. The molecule has 1 aliphatic heterocycles. The Bertz CT molecular complexity index is 852. The van der Waals surface area contributed by atoms with Gasteiger partial charge in [0, 0.05) is 0 Å². The molecule has 1 saturated carbocycles. The Hall–Kier alpha value is -2.91. The first-order chi connectivity index (χ1) is 13.7. The van der Waals surface area contributed by atoms with Crippen LogP contribution in [0.4, 0.5) is 18.9 Å². The number of carbonyl (C=O) groups is 4. The first-order valence-electron chi connectivity index (χ1n) is 9.19. The van der Waals surface area contributed by atoms with Gasteiger partial charge in [-0.3, -0.25) is 19.3 Å². The number of nitrogens with zero attached hydrogens (tertiary/aromatic N) is 1. The van der Waals surface area contributed by atoms with Crippen molar-refractivity contribution >= 4 is 29.4 Å². The molecule has 2 fully saturated rings. The van der Waals surface area contributed by atoms with Gasteiger partial charge in [0.15, 0.2) is 24.1 Å². The highest BCUT2D eigenvalue weighted by Gasteiger charge is 2.51. The topological polar surface area (TPSA) is 92.8 Å². The first kappa shape index (κ1) is 20.8. The van der Waals surface area contributed by atoms with Crippen molar-refractivity contribution in [2.75, 3.05) is 11.9 Å². The van der Waals surface area contributed by atoms with Gasteiger partial charge in [0.05, 0.1) is 17.5 Å².